The van der Waals surface area contributed by atoms with E-state index in [4.69, 9.17) is 16.9 Å². The number of nitriles is 1. The van der Waals surface area contributed by atoms with Gasteiger partial charge in [-0.1, -0.05) is 123 Å². The largest absolute Gasteiger partial charge is 0.207 e. The Morgan fingerprint density at radius 2 is 0.915 bits per heavy atom. The first-order valence-electron chi connectivity index (χ1n) is 21.2. The molecule has 1 aromatic heterocycles. The molecule has 0 N–H and O–H groups in total. The molecule has 0 amide bonds. The summed E-state index contributed by atoms with van der Waals surface area (Å²) in [5, 5.41) is 13.0. The molecule has 1 nitrogen and oxygen atoms in total. The van der Waals surface area contributed by atoms with Gasteiger partial charge in [0.2, 0.25) is 0 Å². The number of nitrogens with zero attached hydrogens (tertiary/aromatic N) is 1. The van der Waals surface area contributed by atoms with Crippen molar-refractivity contribution >= 4 is 33.0 Å². The molecule has 1 heterocycles. The van der Waals surface area contributed by atoms with Crippen molar-refractivity contribution in [2.45, 2.75) is 147 Å². The lowest BCUT2D eigenvalue weighted by molar-refractivity contribution is 0.613. The molecule has 59 heavy (non-hydrogen) atoms. The molecule has 5 aromatic carbocycles. The van der Waals surface area contributed by atoms with E-state index in [1.807, 2.05) is 54.7 Å². The van der Waals surface area contributed by atoms with Gasteiger partial charge in [0.05, 0.1) is 11.6 Å². The predicted octanol–water partition coefficient (Wildman–Crippen LogP) is 18.1. The van der Waals surface area contributed by atoms with Crippen LogP contribution >= 0.6 is 22.9 Å². The smallest absolute Gasteiger partial charge is 0.126 e. The zero-order valence-electron chi connectivity index (χ0n) is 39.2. The maximum absolute atomic E-state index is 13.1. The molecule has 316 valence electrons. The highest BCUT2D eigenvalue weighted by Gasteiger charge is 2.08. The van der Waals surface area contributed by atoms with Crippen LogP contribution in [0, 0.1) is 65.6 Å². The quantitative estimate of drug-likeness (QED) is 0.170. The molecule has 4 heteroatoms. The van der Waals surface area contributed by atoms with Gasteiger partial charge >= 0.3 is 0 Å². The van der Waals surface area contributed by atoms with Crippen LogP contribution < -0.4 is 0 Å². The SMILES string of the molecule is Cc1cc(C#N)ccc1C(C)C.Cc1cc(C)c(C(C)C)cc1F.Cc1cc(Cl)ccc1C(C)C.Cc1cc2sccc2cc1C(C)C.Cc1ccc(C(C)C)c(C)c1. The van der Waals surface area contributed by atoms with E-state index in [0.717, 1.165) is 21.7 Å². The van der Waals surface area contributed by atoms with Crippen LogP contribution in [-0.2, 0) is 0 Å². The number of halogens is 2. The second kappa shape index (κ2) is 24.1. The van der Waals surface area contributed by atoms with Crippen LogP contribution in [0.1, 0.15) is 171 Å². The number of aryl methyl sites for hydroxylation is 7. The number of rotatable bonds is 5. The maximum atomic E-state index is 13.1. The first kappa shape index (κ1) is 50.9. The second-order valence-electron chi connectivity index (χ2n) is 17.4. The Kier molecular flexibility index (Phi) is 20.8. The minimum atomic E-state index is -0.0932. The fourth-order valence-electron chi connectivity index (χ4n) is 7.37. The molecule has 0 aliphatic rings. The van der Waals surface area contributed by atoms with Crippen LogP contribution in [0.5, 0.6) is 0 Å². The molecule has 0 atom stereocenters. The molecular weight excluding hydrogens is 761 g/mol. The Hall–Kier alpha value is -4.23. The molecule has 0 aliphatic heterocycles. The molecule has 0 unspecified atom stereocenters. The van der Waals surface area contributed by atoms with E-state index in [1.54, 1.807) is 13.0 Å². The van der Waals surface area contributed by atoms with Crippen LogP contribution in [0.25, 0.3) is 10.1 Å². The van der Waals surface area contributed by atoms with E-state index < -0.39 is 0 Å². The fraction of sp³-hybridized carbons (Fsp3) is 0.400. The molecule has 6 aromatic rings. The lowest BCUT2D eigenvalue weighted by Crippen LogP contribution is -1.95. The van der Waals surface area contributed by atoms with E-state index in [9.17, 15) is 4.39 Å². The van der Waals surface area contributed by atoms with Crippen LogP contribution in [0.2, 0.25) is 5.02 Å². The highest BCUT2D eigenvalue weighted by Crippen LogP contribution is 2.29. The molecule has 0 saturated carbocycles. The van der Waals surface area contributed by atoms with Gasteiger partial charge in [-0.3, -0.25) is 0 Å². The molecule has 0 bridgehead atoms. The summed E-state index contributed by atoms with van der Waals surface area (Å²) in [6, 6.07) is 31.1. The van der Waals surface area contributed by atoms with E-state index in [0.29, 0.717) is 29.6 Å². The first-order valence-corrected chi connectivity index (χ1v) is 22.4. The molecule has 0 fully saturated rings. The molecule has 6 rings (SSSR count). The second-order valence-corrected chi connectivity index (χ2v) is 18.8. The summed E-state index contributed by atoms with van der Waals surface area (Å²) in [6.45, 7) is 36.3. The fourth-order valence-corrected chi connectivity index (χ4v) is 8.46. The lowest BCUT2D eigenvalue weighted by Gasteiger charge is -2.10. The number of thiophene rings is 1. The van der Waals surface area contributed by atoms with Crippen LogP contribution in [0.15, 0.2) is 90.3 Å². The van der Waals surface area contributed by atoms with Crippen molar-refractivity contribution in [1.29, 1.82) is 5.26 Å². The average molecular weight is 833 g/mol. The zero-order valence-corrected chi connectivity index (χ0v) is 40.7. The number of hydrogen-bond acceptors (Lipinski definition) is 2. The van der Waals surface area contributed by atoms with Gasteiger partial charge in [-0.25, -0.2) is 4.39 Å². The topological polar surface area (TPSA) is 23.8 Å². The third-order valence-electron chi connectivity index (χ3n) is 10.6. The monoisotopic (exact) mass is 831 g/mol. The Bertz CT molecular complexity index is 2230. The van der Waals surface area contributed by atoms with Gasteiger partial charge in [-0.05, 0) is 199 Å². The third kappa shape index (κ3) is 16.0. The van der Waals surface area contributed by atoms with Gasteiger partial charge in [-0.2, -0.15) is 5.26 Å². The Balaban J connectivity index is 0.000000255. The normalized spacial score (nSPS) is 10.7. The van der Waals surface area contributed by atoms with Gasteiger partial charge in [0, 0.05) is 9.72 Å². The van der Waals surface area contributed by atoms with Crippen molar-refractivity contribution in [3.63, 3.8) is 0 Å². The summed E-state index contributed by atoms with van der Waals surface area (Å²) in [5.41, 5.74) is 16.1. The molecule has 0 saturated heterocycles. The maximum Gasteiger partial charge on any atom is 0.126 e. The summed E-state index contributed by atoms with van der Waals surface area (Å²) in [7, 11) is 0. The van der Waals surface area contributed by atoms with Gasteiger partial charge in [0.25, 0.3) is 0 Å². The van der Waals surface area contributed by atoms with Gasteiger partial charge in [-0.15, -0.1) is 11.3 Å². The van der Waals surface area contributed by atoms with E-state index in [1.165, 1.54) is 65.7 Å². The summed E-state index contributed by atoms with van der Waals surface area (Å²) < 4.78 is 14.5. The average Bonchev–Trinajstić information content (AvgIpc) is 3.60. The molecular formula is C55H71ClFNS. The highest BCUT2D eigenvalue weighted by atomic mass is 35.5. The number of fused-ring (bicyclic) bond motifs is 1. The van der Waals surface area contributed by atoms with Gasteiger partial charge < -0.3 is 0 Å². The van der Waals surface area contributed by atoms with E-state index >= 15 is 0 Å². The number of benzene rings is 5. The van der Waals surface area contributed by atoms with Crippen LogP contribution in [0.3, 0.4) is 0 Å². The van der Waals surface area contributed by atoms with E-state index in [2.05, 4.69) is 158 Å². The van der Waals surface area contributed by atoms with Crippen LogP contribution in [0.4, 0.5) is 4.39 Å². The van der Waals surface area contributed by atoms with Crippen molar-refractivity contribution in [3.8, 4) is 6.07 Å². The van der Waals surface area contributed by atoms with E-state index in [-0.39, 0.29) is 5.82 Å². The minimum Gasteiger partial charge on any atom is -0.207 e. The van der Waals surface area contributed by atoms with Crippen LogP contribution in [-0.4, -0.2) is 0 Å². The third-order valence-corrected chi connectivity index (χ3v) is 11.7. The lowest BCUT2D eigenvalue weighted by atomic mass is 9.96. The molecule has 0 aliphatic carbocycles. The van der Waals surface area contributed by atoms with Crippen molar-refractivity contribution in [2.75, 3.05) is 0 Å². The van der Waals surface area contributed by atoms with Crippen molar-refractivity contribution < 1.29 is 4.39 Å². The van der Waals surface area contributed by atoms with Crippen molar-refractivity contribution in [3.05, 3.63) is 173 Å². The summed E-state index contributed by atoms with van der Waals surface area (Å²) in [5.74, 6) is 2.72. The summed E-state index contributed by atoms with van der Waals surface area (Å²) >= 11 is 7.64. The molecule has 0 spiro atoms. The Labute approximate surface area is 367 Å². The Morgan fingerprint density at radius 1 is 0.475 bits per heavy atom. The summed E-state index contributed by atoms with van der Waals surface area (Å²) in [6.07, 6.45) is 0. The van der Waals surface area contributed by atoms with Gasteiger partial charge in [0.1, 0.15) is 5.82 Å². The Morgan fingerprint density at radius 3 is 1.39 bits per heavy atom. The zero-order chi connectivity index (χ0) is 44.7. The predicted molar refractivity (Wildman–Crippen MR) is 261 cm³/mol. The highest BCUT2D eigenvalue weighted by molar-refractivity contribution is 7.17. The number of hydrogen-bond donors (Lipinski definition) is 0. The van der Waals surface area contributed by atoms with Gasteiger partial charge in [0.15, 0.2) is 0 Å². The standard InChI is InChI=1S/C12H14S.C11H15F.C11H13N.C11H16.C10H13Cl/c1-8(2)11-7-10-4-5-13-12(10)6-9(11)3;1-7(2)10-6-11(12)9(4)5-8(10)3;1-8(2)11-5-4-10(7-12)6-9(11)3;1-8(2)11-6-5-9(3)7-10(11)4;1-7(2)10-5-4-9(11)6-8(10)3/h4-8H,1-3H3;5-7H,1-4H3;4-6,8H,1-3H3;5-8H,1-4H3;4-7H,1-3H3. The first-order chi connectivity index (χ1) is 27.6. The minimum absolute atomic E-state index is 0.0932. The summed E-state index contributed by atoms with van der Waals surface area (Å²) in [4.78, 5) is 0. The molecule has 0 radical (unpaired) electrons. The van der Waals surface area contributed by atoms with Crippen molar-refractivity contribution in [1.82, 2.24) is 0 Å². The van der Waals surface area contributed by atoms with Crippen molar-refractivity contribution in [2.24, 2.45) is 0 Å².